The first-order chi connectivity index (χ1) is 8.56. The predicted octanol–water partition coefficient (Wildman–Crippen LogP) is 2.61. The van der Waals surface area contributed by atoms with Gasteiger partial charge in [0, 0.05) is 23.9 Å². The Labute approximate surface area is 104 Å². The van der Waals surface area contributed by atoms with Crippen molar-refractivity contribution in [3.05, 3.63) is 53.5 Å². The molecule has 92 valence electrons. The average molecular weight is 245 g/mol. The Kier molecular flexibility index (Phi) is 3.23. The second kappa shape index (κ2) is 4.83. The van der Waals surface area contributed by atoms with E-state index in [0.29, 0.717) is 17.2 Å². The van der Waals surface area contributed by atoms with Crippen molar-refractivity contribution in [1.29, 1.82) is 5.41 Å². The number of aromatic nitrogens is 1. The van der Waals surface area contributed by atoms with E-state index in [9.17, 15) is 4.39 Å². The molecule has 0 aliphatic rings. The molecule has 0 amide bonds. The Balaban J connectivity index is 2.23. The lowest BCUT2D eigenvalue weighted by atomic mass is 10.2. The van der Waals surface area contributed by atoms with Crippen LogP contribution in [-0.4, -0.2) is 10.8 Å². The molecule has 1 aromatic heterocycles. The fraction of sp³-hybridized carbons (Fsp3) is 0.0769. The minimum Gasteiger partial charge on any atom is -0.439 e. The Morgan fingerprint density at radius 3 is 2.72 bits per heavy atom. The molecule has 0 aliphatic carbocycles. The van der Waals surface area contributed by atoms with E-state index in [4.69, 9.17) is 15.9 Å². The number of aryl methyl sites for hydroxylation is 1. The molecule has 0 radical (unpaired) electrons. The SMILES string of the molecule is Cc1ccc(F)cc1Oc1ccc(C(=N)N)cn1. The summed E-state index contributed by atoms with van der Waals surface area (Å²) in [6, 6.07) is 7.51. The van der Waals surface area contributed by atoms with Gasteiger partial charge in [0.1, 0.15) is 17.4 Å². The third-order valence-electron chi connectivity index (χ3n) is 2.41. The van der Waals surface area contributed by atoms with Crippen LogP contribution in [0.25, 0.3) is 0 Å². The first-order valence-electron chi connectivity index (χ1n) is 5.31. The molecule has 0 spiro atoms. The summed E-state index contributed by atoms with van der Waals surface area (Å²) in [6.45, 7) is 1.82. The summed E-state index contributed by atoms with van der Waals surface area (Å²) in [5, 5.41) is 7.24. The molecule has 3 N–H and O–H groups in total. The predicted molar refractivity (Wildman–Crippen MR) is 66.5 cm³/mol. The minimum atomic E-state index is -0.365. The number of rotatable bonds is 3. The quantitative estimate of drug-likeness (QED) is 0.645. The van der Waals surface area contributed by atoms with Crippen molar-refractivity contribution < 1.29 is 9.13 Å². The van der Waals surface area contributed by atoms with E-state index in [2.05, 4.69) is 4.98 Å². The number of nitrogens with two attached hydrogens (primary N) is 1. The lowest BCUT2D eigenvalue weighted by Gasteiger charge is -2.08. The maximum Gasteiger partial charge on any atom is 0.219 e. The maximum atomic E-state index is 13.1. The first-order valence-corrected chi connectivity index (χ1v) is 5.31. The monoisotopic (exact) mass is 245 g/mol. The number of hydrogen-bond acceptors (Lipinski definition) is 3. The molecule has 0 aliphatic heterocycles. The van der Waals surface area contributed by atoms with Gasteiger partial charge in [-0.25, -0.2) is 9.37 Å². The van der Waals surface area contributed by atoms with E-state index in [-0.39, 0.29) is 11.7 Å². The molecule has 0 fully saturated rings. The summed E-state index contributed by atoms with van der Waals surface area (Å²) in [5.41, 5.74) is 6.64. The van der Waals surface area contributed by atoms with Gasteiger partial charge in [-0.15, -0.1) is 0 Å². The third-order valence-corrected chi connectivity index (χ3v) is 2.41. The van der Waals surface area contributed by atoms with Crippen molar-refractivity contribution in [2.24, 2.45) is 5.73 Å². The molecule has 4 nitrogen and oxygen atoms in total. The van der Waals surface area contributed by atoms with Gasteiger partial charge >= 0.3 is 0 Å². The highest BCUT2D eigenvalue weighted by molar-refractivity contribution is 5.94. The molecule has 2 rings (SSSR count). The van der Waals surface area contributed by atoms with Crippen molar-refractivity contribution in [3.8, 4) is 11.6 Å². The zero-order chi connectivity index (χ0) is 13.1. The Bertz CT molecular complexity index is 581. The molecule has 0 atom stereocenters. The molecule has 0 saturated heterocycles. The molecule has 2 aromatic rings. The number of pyridine rings is 1. The molecule has 1 aromatic carbocycles. The summed E-state index contributed by atoms with van der Waals surface area (Å²) in [7, 11) is 0. The number of halogens is 1. The van der Waals surface area contributed by atoms with Crippen LogP contribution in [0.1, 0.15) is 11.1 Å². The number of nitrogen functional groups attached to an aromatic ring is 1. The standard InChI is InChI=1S/C13H12FN3O/c1-8-2-4-10(14)6-11(8)18-12-5-3-9(7-17-12)13(15)16/h2-7H,1H3,(H3,15,16). The number of hydrogen-bond donors (Lipinski definition) is 2. The Morgan fingerprint density at radius 2 is 2.11 bits per heavy atom. The smallest absolute Gasteiger partial charge is 0.219 e. The van der Waals surface area contributed by atoms with Crippen LogP contribution >= 0.6 is 0 Å². The third kappa shape index (κ3) is 2.63. The molecular formula is C13H12FN3O. The van der Waals surface area contributed by atoms with Gasteiger partial charge in [0.2, 0.25) is 5.88 Å². The largest absolute Gasteiger partial charge is 0.439 e. The van der Waals surface area contributed by atoms with Crippen LogP contribution in [0.3, 0.4) is 0 Å². The molecule has 5 heteroatoms. The van der Waals surface area contributed by atoms with E-state index in [0.717, 1.165) is 5.56 Å². The molecule has 0 unspecified atom stereocenters. The normalized spacial score (nSPS) is 10.1. The van der Waals surface area contributed by atoms with Crippen LogP contribution in [0.15, 0.2) is 36.5 Å². The number of nitrogens with zero attached hydrogens (tertiary/aromatic N) is 1. The van der Waals surface area contributed by atoms with Crippen LogP contribution in [0.4, 0.5) is 4.39 Å². The summed E-state index contributed by atoms with van der Waals surface area (Å²) in [4.78, 5) is 4.00. The van der Waals surface area contributed by atoms with Crippen molar-refractivity contribution in [2.45, 2.75) is 6.92 Å². The topological polar surface area (TPSA) is 72.0 Å². The highest BCUT2D eigenvalue weighted by Crippen LogP contribution is 2.24. The highest BCUT2D eigenvalue weighted by atomic mass is 19.1. The van der Waals surface area contributed by atoms with Gasteiger partial charge in [0.05, 0.1) is 0 Å². The zero-order valence-corrected chi connectivity index (χ0v) is 9.77. The second-order valence-corrected chi connectivity index (χ2v) is 3.81. The van der Waals surface area contributed by atoms with Crippen molar-refractivity contribution >= 4 is 5.84 Å². The van der Waals surface area contributed by atoms with Gasteiger partial charge in [0.15, 0.2) is 0 Å². The zero-order valence-electron chi connectivity index (χ0n) is 9.77. The molecule has 0 bridgehead atoms. The highest BCUT2D eigenvalue weighted by Gasteiger charge is 2.05. The van der Waals surface area contributed by atoms with Crippen LogP contribution in [-0.2, 0) is 0 Å². The second-order valence-electron chi connectivity index (χ2n) is 3.81. The first kappa shape index (κ1) is 12.0. The number of amidine groups is 1. The molecule has 0 saturated carbocycles. The lowest BCUT2D eigenvalue weighted by molar-refractivity contribution is 0.454. The van der Waals surface area contributed by atoms with Gasteiger partial charge in [-0.3, -0.25) is 5.41 Å². The summed E-state index contributed by atoms with van der Waals surface area (Å²) in [5.74, 6) is 0.318. The van der Waals surface area contributed by atoms with Crippen LogP contribution < -0.4 is 10.5 Å². The maximum absolute atomic E-state index is 13.1. The Hall–Kier alpha value is -2.43. The Morgan fingerprint density at radius 1 is 1.33 bits per heavy atom. The molecular weight excluding hydrogens is 233 g/mol. The fourth-order valence-electron chi connectivity index (χ4n) is 1.40. The van der Waals surface area contributed by atoms with Crippen molar-refractivity contribution in [3.63, 3.8) is 0 Å². The van der Waals surface area contributed by atoms with Crippen LogP contribution in [0.5, 0.6) is 11.6 Å². The number of nitrogens with one attached hydrogen (secondary N) is 1. The van der Waals surface area contributed by atoms with Crippen molar-refractivity contribution in [2.75, 3.05) is 0 Å². The minimum absolute atomic E-state index is 0.0593. The van der Waals surface area contributed by atoms with E-state index in [1.807, 2.05) is 6.92 Å². The lowest BCUT2D eigenvalue weighted by Crippen LogP contribution is -2.11. The van der Waals surface area contributed by atoms with E-state index in [1.165, 1.54) is 18.3 Å². The fourth-order valence-corrected chi connectivity index (χ4v) is 1.40. The van der Waals surface area contributed by atoms with E-state index < -0.39 is 0 Å². The van der Waals surface area contributed by atoms with Crippen LogP contribution in [0.2, 0.25) is 0 Å². The van der Waals surface area contributed by atoms with Gasteiger partial charge in [-0.1, -0.05) is 6.07 Å². The van der Waals surface area contributed by atoms with Gasteiger partial charge in [-0.05, 0) is 24.6 Å². The molecule has 18 heavy (non-hydrogen) atoms. The van der Waals surface area contributed by atoms with E-state index >= 15 is 0 Å². The summed E-state index contributed by atoms with van der Waals surface area (Å²) < 4.78 is 18.5. The average Bonchev–Trinajstić information content (AvgIpc) is 2.34. The van der Waals surface area contributed by atoms with Gasteiger partial charge < -0.3 is 10.5 Å². The summed E-state index contributed by atoms with van der Waals surface area (Å²) in [6.07, 6.45) is 1.44. The molecule has 1 heterocycles. The summed E-state index contributed by atoms with van der Waals surface area (Å²) >= 11 is 0. The van der Waals surface area contributed by atoms with Gasteiger partial charge in [-0.2, -0.15) is 0 Å². The van der Waals surface area contributed by atoms with Gasteiger partial charge in [0.25, 0.3) is 0 Å². The van der Waals surface area contributed by atoms with E-state index in [1.54, 1.807) is 18.2 Å². The van der Waals surface area contributed by atoms with Crippen molar-refractivity contribution in [1.82, 2.24) is 4.98 Å². The number of ether oxygens (including phenoxy) is 1. The number of benzene rings is 1. The van der Waals surface area contributed by atoms with Crippen LogP contribution in [0, 0.1) is 18.2 Å².